The Kier molecular flexibility index (Phi) is 4.49. The van der Waals surface area contributed by atoms with E-state index in [0.29, 0.717) is 0 Å². The van der Waals surface area contributed by atoms with Crippen molar-refractivity contribution in [3.8, 4) is 0 Å². The lowest BCUT2D eigenvalue weighted by Gasteiger charge is -2.08. The van der Waals surface area contributed by atoms with Gasteiger partial charge in [0.05, 0.1) is 0 Å². The number of nitrogens with two attached hydrogens (primary N) is 1. The summed E-state index contributed by atoms with van der Waals surface area (Å²) < 4.78 is 15.3. The number of benzene rings is 1. The normalized spacial score (nSPS) is 14.3. The Morgan fingerprint density at radius 1 is 1.47 bits per heavy atom. The monoisotopic (exact) mass is 229 g/mol. The Bertz CT molecular complexity index is 354. The molecule has 0 saturated carbocycles. The summed E-state index contributed by atoms with van der Waals surface area (Å²) >= 11 is 0. The molecule has 0 radical (unpaired) electrons. The van der Waals surface area contributed by atoms with E-state index in [1.54, 1.807) is 24.3 Å². The standard InChI is InChI=1S/C9H12NO4P/c10-8(15(12)13)9(11)14-6-7-4-2-1-3-5-7/h1-5,8,15H,6,10H2,(H,12,13). The minimum Gasteiger partial charge on any atom is -0.459 e. The van der Waals surface area contributed by atoms with E-state index in [1.165, 1.54) is 0 Å². The Balaban J connectivity index is 2.44. The van der Waals surface area contributed by atoms with Gasteiger partial charge in [0.25, 0.3) is 0 Å². The Morgan fingerprint density at radius 2 is 2.07 bits per heavy atom. The minimum absolute atomic E-state index is 0.0581. The summed E-state index contributed by atoms with van der Waals surface area (Å²) in [5.74, 6) is -2.29. The highest BCUT2D eigenvalue weighted by Gasteiger charge is 2.19. The molecule has 0 aliphatic carbocycles. The molecule has 0 amide bonds. The number of rotatable bonds is 4. The zero-order valence-electron chi connectivity index (χ0n) is 7.92. The van der Waals surface area contributed by atoms with Crippen molar-refractivity contribution < 1.29 is 19.0 Å². The van der Waals surface area contributed by atoms with Gasteiger partial charge in [0, 0.05) is 0 Å². The topological polar surface area (TPSA) is 89.6 Å². The molecule has 1 aromatic rings. The van der Waals surface area contributed by atoms with Gasteiger partial charge in [-0.3, -0.25) is 4.57 Å². The molecule has 0 bridgehead atoms. The maximum atomic E-state index is 11.1. The number of carbonyl (C=O) groups is 1. The summed E-state index contributed by atoms with van der Waals surface area (Å²) in [5.41, 5.74) is 5.93. The van der Waals surface area contributed by atoms with Gasteiger partial charge in [0.15, 0.2) is 5.78 Å². The molecular weight excluding hydrogens is 217 g/mol. The van der Waals surface area contributed by atoms with E-state index in [9.17, 15) is 9.36 Å². The molecule has 6 heteroatoms. The van der Waals surface area contributed by atoms with Crippen LogP contribution in [0.25, 0.3) is 0 Å². The fourth-order valence-corrected chi connectivity index (χ4v) is 1.20. The third-order valence-electron chi connectivity index (χ3n) is 1.74. The second-order valence-corrected chi connectivity index (χ2v) is 4.21. The maximum Gasteiger partial charge on any atom is 0.333 e. The van der Waals surface area contributed by atoms with Gasteiger partial charge in [0.2, 0.25) is 8.03 Å². The van der Waals surface area contributed by atoms with Gasteiger partial charge >= 0.3 is 5.97 Å². The smallest absolute Gasteiger partial charge is 0.333 e. The molecule has 0 heterocycles. The van der Waals surface area contributed by atoms with Crippen molar-refractivity contribution in [2.24, 2.45) is 5.73 Å². The lowest BCUT2D eigenvalue weighted by Crippen LogP contribution is -2.28. The molecule has 0 aromatic heterocycles. The summed E-state index contributed by atoms with van der Waals surface area (Å²) in [6.07, 6.45) is 0. The first kappa shape index (κ1) is 11.9. The molecule has 0 saturated heterocycles. The average Bonchev–Trinajstić information content (AvgIpc) is 2.26. The van der Waals surface area contributed by atoms with Crippen LogP contribution in [0, 0.1) is 0 Å². The van der Waals surface area contributed by atoms with Gasteiger partial charge in [-0.05, 0) is 5.56 Å². The van der Waals surface area contributed by atoms with E-state index in [-0.39, 0.29) is 6.61 Å². The first-order valence-corrected chi connectivity index (χ1v) is 5.73. The molecular formula is C9H12NO4P. The van der Waals surface area contributed by atoms with Crippen molar-refractivity contribution in [2.45, 2.75) is 12.4 Å². The van der Waals surface area contributed by atoms with Crippen LogP contribution in [-0.4, -0.2) is 16.6 Å². The first-order chi connectivity index (χ1) is 7.11. The molecule has 2 atom stereocenters. The van der Waals surface area contributed by atoms with E-state index in [0.717, 1.165) is 5.56 Å². The Labute approximate surface area is 87.7 Å². The number of hydrogen-bond donors (Lipinski definition) is 2. The van der Waals surface area contributed by atoms with E-state index < -0.39 is 19.8 Å². The van der Waals surface area contributed by atoms with Gasteiger partial charge in [-0.15, -0.1) is 0 Å². The van der Waals surface area contributed by atoms with Crippen LogP contribution in [-0.2, 0) is 20.7 Å². The second-order valence-electron chi connectivity index (χ2n) is 2.91. The van der Waals surface area contributed by atoms with E-state index in [2.05, 4.69) is 0 Å². The molecule has 1 aromatic carbocycles. The maximum absolute atomic E-state index is 11.1. The molecule has 0 fully saturated rings. The molecule has 0 spiro atoms. The number of ether oxygens (including phenoxy) is 1. The number of esters is 1. The second kappa shape index (κ2) is 5.66. The molecule has 5 nitrogen and oxygen atoms in total. The quantitative estimate of drug-likeness (QED) is 0.579. The molecule has 0 aliphatic rings. The average molecular weight is 229 g/mol. The van der Waals surface area contributed by atoms with Crippen LogP contribution in [0.4, 0.5) is 0 Å². The fraction of sp³-hybridized carbons (Fsp3) is 0.222. The van der Waals surface area contributed by atoms with Crippen molar-refractivity contribution in [3.63, 3.8) is 0 Å². The van der Waals surface area contributed by atoms with E-state index in [1.807, 2.05) is 6.07 Å². The molecule has 15 heavy (non-hydrogen) atoms. The number of hydrogen-bond acceptors (Lipinski definition) is 4. The highest BCUT2D eigenvalue weighted by molar-refractivity contribution is 7.40. The Morgan fingerprint density at radius 3 is 2.60 bits per heavy atom. The van der Waals surface area contributed by atoms with Crippen LogP contribution < -0.4 is 5.73 Å². The van der Waals surface area contributed by atoms with E-state index in [4.69, 9.17) is 15.4 Å². The van der Waals surface area contributed by atoms with E-state index >= 15 is 0 Å². The van der Waals surface area contributed by atoms with Crippen LogP contribution in [0.3, 0.4) is 0 Å². The largest absolute Gasteiger partial charge is 0.459 e. The van der Waals surface area contributed by atoms with Crippen molar-refractivity contribution in [1.29, 1.82) is 0 Å². The lowest BCUT2D eigenvalue weighted by molar-refractivity contribution is -0.144. The predicted molar refractivity (Wildman–Crippen MR) is 55.4 cm³/mol. The molecule has 1 rings (SSSR count). The van der Waals surface area contributed by atoms with Crippen LogP contribution in [0.5, 0.6) is 0 Å². The highest BCUT2D eigenvalue weighted by Crippen LogP contribution is 2.18. The fourth-order valence-electron chi connectivity index (χ4n) is 0.919. The van der Waals surface area contributed by atoms with Gasteiger partial charge in [-0.1, -0.05) is 30.3 Å². The third kappa shape index (κ3) is 3.83. The zero-order chi connectivity index (χ0) is 11.3. The summed E-state index contributed by atoms with van der Waals surface area (Å²) in [6.45, 7) is 0.0581. The first-order valence-electron chi connectivity index (χ1n) is 4.30. The molecule has 0 aliphatic heterocycles. The van der Waals surface area contributed by atoms with Gasteiger partial charge in [-0.25, -0.2) is 4.79 Å². The van der Waals surface area contributed by atoms with Crippen molar-refractivity contribution >= 4 is 14.0 Å². The van der Waals surface area contributed by atoms with Crippen LogP contribution >= 0.6 is 8.03 Å². The summed E-state index contributed by atoms with van der Waals surface area (Å²) in [5, 5.41) is 0. The van der Waals surface area contributed by atoms with Gasteiger partial charge in [-0.2, -0.15) is 0 Å². The van der Waals surface area contributed by atoms with Crippen LogP contribution in [0.15, 0.2) is 30.3 Å². The van der Waals surface area contributed by atoms with Crippen LogP contribution in [0.2, 0.25) is 0 Å². The predicted octanol–water partition coefficient (Wildman–Crippen LogP) is 0.482. The van der Waals surface area contributed by atoms with Crippen LogP contribution in [0.1, 0.15) is 5.56 Å². The van der Waals surface area contributed by atoms with Crippen molar-refractivity contribution in [2.75, 3.05) is 0 Å². The van der Waals surface area contributed by atoms with Crippen molar-refractivity contribution in [3.05, 3.63) is 35.9 Å². The number of carbonyl (C=O) groups excluding carboxylic acids is 1. The molecule has 82 valence electrons. The SMILES string of the molecule is NC(C(=O)OCc1ccccc1)[PH](=O)O. The zero-order valence-corrected chi connectivity index (χ0v) is 8.92. The third-order valence-corrected chi connectivity index (χ3v) is 2.51. The van der Waals surface area contributed by atoms with Gasteiger partial charge in [0.1, 0.15) is 6.61 Å². The molecule has 2 unspecified atom stereocenters. The summed E-state index contributed by atoms with van der Waals surface area (Å²) in [4.78, 5) is 19.7. The lowest BCUT2D eigenvalue weighted by atomic mass is 10.2. The summed E-state index contributed by atoms with van der Waals surface area (Å²) in [6, 6.07) is 9.00. The van der Waals surface area contributed by atoms with Crippen molar-refractivity contribution in [1.82, 2.24) is 0 Å². The highest BCUT2D eigenvalue weighted by atomic mass is 31.1. The summed E-state index contributed by atoms with van der Waals surface area (Å²) in [7, 11) is -3.06. The minimum atomic E-state index is -3.06. The molecule has 3 N–H and O–H groups in total. The van der Waals surface area contributed by atoms with Gasteiger partial charge < -0.3 is 15.4 Å². The Hall–Kier alpha value is -1.16.